The maximum Gasteiger partial charge on any atom is 0.308 e. The molecule has 2 amide bonds. The molecule has 2 aromatic rings. The first-order valence-corrected chi connectivity index (χ1v) is 9.79. The van der Waals surface area contributed by atoms with E-state index >= 15 is 0 Å². The van der Waals surface area contributed by atoms with Crippen molar-refractivity contribution in [2.24, 2.45) is 13.0 Å². The van der Waals surface area contributed by atoms with Crippen LogP contribution in [0.1, 0.15) is 42.1 Å². The third kappa shape index (κ3) is 3.55. The van der Waals surface area contributed by atoms with Crippen LogP contribution in [0.5, 0.6) is 0 Å². The van der Waals surface area contributed by atoms with Crippen LogP contribution in [0.4, 0.5) is 0 Å². The number of carboxylic acids is 1. The number of piperidine rings is 1. The number of thiophene rings is 1. The second-order valence-electron chi connectivity index (χ2n) is 7.09. The Labute approximate surface area is 161 Å². The molecular formula is C18H24N4O4S. The zero-order valence-electron chi connectivity index (χ0n) is 15.9. The lowest BCUT2D eigenvalue weighted by atomic mass is 9.90. The molecule has 2 aromatic heterocycles. The number of carbonyl (C=O) groups excluding carboxylic acids is 2. The predicted octanol–water partition coefficient (Wildman–Crippen LogP) is 1.77. The van der Waals surface area contributed by atoms with Gasteiger partial charge in [0, 0.05) is 25.0 Å². The van der Waals surface area contributed by atoms with Gasteiger partial charge in [-0.15, -0.1) is 11.3 Å². The fraction of sp³-hybridized carbons (Fsp3) is 0.556. The van der Waals surface area contributed by atoms with E-state index in [0.29, 0.717) is 24.3 Å². The number of carbonyl (C=O) groups is 3. The third-order valence-corrected chi connectivity index (χ3v) is 6.43. The molecule has 1 saturated heterocycles. The van der Waals surface area contributed by atoms with Gasteiger partial charge in [0.25, 0.3) is 5.91 Å². The van der Waals surface area contributed by atoms with Gasteiger partial charge < -0.3 is 15.3 Å². The first-order valence-electron chi connectivity index (χ1n) is 8.98. The maximum atomic E-state index is 12.8. The zero-order chi connectivity index (χ0) is 19.9. The van der Waals surface area contributed by atoms with Crippen molar-refractivity contribution in [3.63, 3.8) is 0 Å². The number of nitrogens with zero attached hydrogens (tertiary/aromatic N) is 3. The monoisotopic (exact) mass is 392 g/mol. The number of carboxylic acid groups (broad SMARTS) is 1. The summed E-state index contributed by atoms with van der Waals surface area (Å²) >= 11 is 1.33. The van der Waals surface area contributed by atoms with Gasteiger partial charge in [-0.25, -0.2) is 0 Å². The average molecular weight is 392 g/mol. The van der Waals surface area contributed by atoms with Crippen molar-refractivity contribution >= 4 is 39.3 Å². The number of nitrogens with one attached hydrogen (secondary N) is 1. The third-order valence-electron chi connectivity index (χ3n) is 5.23. The first-order chi connectivity index (χ1) is 12.7. The van der Waals surface area contributed by atoms with E-state index in [4.69, 9.17) is 0 Å². The van der Waals surface area contributed by atoms with Gasteiger partial charge in [0.15, 0.2) is 0 Å². The smallest absolute Gasteiger partial charge is 0.308 e. The number of hydrogen-bond acceptors (Lipinski definition) is 5. The minimum atomic E-state index is -0.883. The van der Waals surface area contributed by atoms with Crippen molar-refractivity contribution < 1.29 is 19.5 Å². The molecular weight excluding hydrogens is 368 g/mol. The standard InChI is InChI=1S/C18H24N4O4S/c1-9-13-8-14(27-17(13)21(4)20-9)15(23)19-10(2)16(24)22-7-5-6-12(11(22)3)18(25)26/h8,10-12H,5-7H2,1-4H3,(H,19,23)(H,25,26)/t10?,11-,12-/m0/s1. The van der Waals surface area contributed by atoms with Gasteiger partial charge in [0.05, 0.1) is 16.5 Å². The van der Waals surface area contributed by atoms with Crippen molar-refractivity contribution in [3.05, 3.63) is 16.6 Å². The Balaban J connectivity index is 1.70. The molecule has 27 heavy (non-hydrogen) atoms. The number of fused-ring (bicyclic) bond motifs is 1. The lowest BCUT2D eigenvalue weighted by Gasteiger charge is -2.38. The normalized spacial score (nSPS) is 21.3. The van der Waals surface area contributed by atoms with Crippen molar-refractivity contribution in [1.82, 2.24) is 20.0 Å². The summed E-state index contributed by atoms with van der Waals surface area (Å²) in [5.74, 6) is -2.01. The highest BCUT2D eigenvalue weighted by Gasteiger charge is 2.37. The summed E-state index contributed by atoms with van der Waals surface area (Å²) in [5.41, 5.74) is 0.855. The fourth-order valence-electron chi connectivity index (χ4n) is 3.68. The van der Waals surface area contributed by atoms with E-state index in [1.165, 1.54) is 11.3 Å². The maximum absolute atomic E-state index is 12.8. The van der Waals surface area contributed by atoms with Crippen LogP contribution in [-0.2, 0) is 16.6 Å². The molecule has 1 aliphatic heterocycles. The van der Waals surface area contributed by atoms with Crippen LogP contribution in [0, 0.1) is 12.8 Å². The van der Waals surface area contributed by atoms with Gasteiger partial charge in [0.2, 0.25) is 5.91 Å². The summed E-state index contributed by atoms with van der Waals surface area (Å²) in [5, 5.41) is 17.3. The molecule has 9 heteroatoms. The highest BCUT2D eigenvalue weighted by molar-refractivity contribution is 7.20. The Morgan fingerprint density at radius 3 is 2.74 bits per heavy atom. The number of aryl methyl sites for hydroxylation is 2. The van der Waals surface area contributed by atoms with Crippen LogP contribution < -0.4 is 5.32 Å². The highest BCUT2D eigenvalue weighted by Crippen LogP contribution is 2.28. The van der Waals surface area contributed by atoms with E-state index in [1.807, 2.05) is 14.0 Å². The molecule has 0 bridgehead atoms. The number of aromatic nitrogens is 2. The Morgan fingerprint density at radius 1 is 1.41 bits per heavy atom. The Kier molecular flexibility index (Phi) is 5.23. The average Bonchev–Trinajstić information content (AvgIpc) is 3.16. The molecule has 0 aliphatic carbocycles. The van der Waals surface area contributed by atoms with Gasteiger partial charge in [0.1, 0.15) is 10.9 Å². The minimum Gasteiger partial charge on any atom is -0.481 e. The second kappa shape index (κ2) is 7.30. The highest BCUT2D eigenvalue weighted by atomic mass is 32.1. The number of likely N-dealkylation sites (tertiary alicyclic amines) is 1. The number of amides is 2. The van der Waals surface area contributed by atoms with E-state index in [1.54, 1.807) is 29.5 Å². The Hall–Kier alpha value is -2.42. The second-order valence-corrected chi connectivity index (χ2v) is 8.12. The predicted molar refractivity (Wildman–Crippen MR) is 102 cm³/mol. The SMILES string of the molecule is Cc1nn(C)c2sc(C(=O)NC(C)C(=O)N3CCC[C@H](C(=O)O)[C@@H]3C)cc12. The summed E-state index contributed by atoms with van der Waals surface area (Å²) < 4.78 is 1.74. The van der Waals surface area contributed by atoms with Crippen LogP contribution >= 0.6 is 11.3 Å². The van der Waals surface area contributed by atoms with E-state index in [9.17, 15) is 19.5 Å². The number of hydrogen-bond donors (Lipinski definition) is 2. The summed E-state index contributed by atoms with van der Waals surface area (Å²) in [7, 11) is 1.83. The minimum absolute atomic E-state index is 0.249. The van der Waals surface area contributed by atoms with Crippen molar-refractivity contribution in [2.45, 2.75) is 45.7 Å². The van der Waals surface area contributed by atoms with Crippen LogP contribution in [0.25, 0.3) is 10.2 Å². The van der Waals surface area contributed by atoms with E-state index in [0.717, 1.165) is 15.9 Å². The Bertz CT molecular complexity index is 868. The molecule has 8 nitrogen and oxygen atoms in total. The fourth-order valence-corrected chi connectivity index (χ4v) is 4.71. The number of rotatable bonds is 4. The van der Waals surface area contributed by atoms with Crippen LogP contribution in [0.2, 0.25) is 0 Å². The molecule has 3 atom stereocenters. The molecule has 0 radical (unpaired) electrons. The Morgan fingerprint density at radius 2 is 2.11 bits per heavy atom. The van der Waals surface area contributed by atoms with Crippen molar-refractivity contribution in [1.29, 1.82) is 0 Å². The van der Waals surface area contributed by atoms with E-state index in [2.05, 4.69) is 10.4 Å². The number of aliphatic carboxylic acids is 1. The first kappa shape index (κ1) is 19.3. The molecule has 1 aliphatic rings. The molecule has 1 fully saturated rings. The molecule has 1 unspecified atom stereocenters. The largest absolute Gasteiger partial charge is 0.481 e. The quantitative estimate of drug-likeness (QED) is 0.825. The van der Waals surface area contributed by atoms with Gasteiger partial charge in [-0.2, -0.15) is 5.10 Å². The topological polar surface area (TPSA) is 105 Å². The molecule has 3 heterocycles. The van der Waals surface area contributed by atoms with Gasteiger partial charge >= 0.3 is 5.97 Å². The van der Waals surface area contributed by atoms with E-state index in [-0.39, 0.29) is 17.9 Å². The molecule has 2 N–H and O–H groups in total. The van der Waals surface area contributed by atoms with Crippen LogP contribution in [-0.4, -0.2) is 56.2 Å². The van der Waals surface area contributed by atoms with E-state index < -0.39 is 17.9 Å². The molecule has 0 spiro atoms. The summed E-state index contributed by atoms with van der Waals surface area (Å²) in [6.07, 6.45) is 1.21. The lowest BCUT2D eigenvalue weighted by molar-refractivity contribution is -0.149. The molecule has 3 rings (SSSR count). The summed E-state index contributed by atoms with van der Waals surface area (Å²) in [6, 6.07) is 0.678. The van der Waals surface area contributed by atoms with Crippen LogP contribution in [0.15, 0.2) is 6.07 Å². The van der Waals surface area contributed by atoms with Crippen molar-refractivity contribution in [2.75, 3.05) is 6.54 Å². The van der Waals surface area contributed by atoms with Gasteiger partial charge in [-0.1, -0.05) is 0 Å². The van der Waals surface area contributed by atoms with Gasteiger partial charge in [-0.3, -0.25) is 19.1 Å². The van der Waals surface area contributed by atoms with Crippen LogP contribution in [0.3, 0.4) is 0 Å². The van der Waals surface area contributed by atoms with Crippen molar-refractivity contribution in [3.8, 4) is 0 Å². The lowest BCUT2D eigenvalue weighted by Crippen LogP contribution is -2.55. The molecule has 0 aromatic carbocycles. The van der Waals surface area contributed by atoms with Gasteiger partial charge in [-0.05, 0) is 39.7 Å². The molecule has 146 valence electrons. The summed E-state index contributed by atoms with van der Waals surface area (Å²) in [6.45, 7) is 5.79. The summed E-state index contributed by atoms with van der Waals surface area (Å²) in [4.78, 5) is 39.7. The molecule has 0 saturated carbocycles. The zero-order valence-corrected chi connectivity index (χ0v) is 16.7.